The molecule has 1 aromatic carbocycles. The van der Waals surface area contributed by atoms with Crippen molar-refractivity contribution in [1.29, 1.82) is 0 Å². The summed E-state index contributed by atoms with van der Waals surface area (Å²) in [7, 11) is 3.18. The zero-order valence-corrected chi connectivity index (χ0v) is 20.4. The van der Waals surface area contributed by atoms with Gasteiger partial charge in [0.2, 0.25) is 6.54 Å². The number of ketones is 1. The summed E-state index contributed by atoms with van der Waals surface area (Å²) in [5.74, 6) is 1.60. The highest BCUT2D eigenvalue weighted by Gasteiger charge is 2.16. The number of pyridine rings is 1. The number of aromatic nitrogens is 1. The van der Waals surface area contributed by atoms with Gasteiger partial charge in [0.15, 0.2) is 35.4 Å². The SMILES string of the molecule is COc1cc2cc(C(=O)CCc3cc[n+](Cc4ccc([N+](=O)[O-])o4)cc3)sc2cc1OC.[Br-]. The van der Waals surface area contributed by atoms with E-state index in [1.165, 1.54) is 17.4 Å². The van der Waals surface area contributed by atoms with Crippen LogP contribution in [0, 0.1) is 10.1 Å². The molecule has 0 atom stereocenters. The Morgan fingerprint density at radius 2 is 1.79 bits per heavy atom. The molecule has 3 aromatic heterocycles. The third-order valence-corrected chi connectivity index (χ3v) is 6.20. The van der Waals surface area contributed by atoms with E-state index in [0.717, 1.165) is 15.6 Å². The summed E-state index contributed by atoms with van der Waals surface area (Å²) >= 11 is 1.45. The lowest BCUT2D eigenvalue weighted by molar-refractivity contribution is -0.690. The number of furan rings is 1. The molecule has 0 unspecified atom stereocenters. The third kappa shape index (κ3) is 5.58. The second kappa shape index (κ2) is 10.6. The number of carbonyl (C=O) groups excluding carboxylic acids is 1. The quantitative estimate of drug-likeness (QED) is 0.140. The smallest absolute Gasteiger partial charge is 0.433 e. The molecule has 0 saturated heterocycles. The van der Waals surface area contributed by atoms with Gasteiger partial charge in [0.05, 0.1) is 25.2 Å². The van der Waals surface area contributed by atoms with Crippen LogP contribution in [0.1, 0.15) is 27.4 Å². The maximum Gasteiger partial charge on any atom is 0.433 e. The maximum atomic E-state index is 12.7. The number of ether oxygens (including phenoxy) is 2. The number of nitro groups is 1. The fourth-order valence-electron chi connectivity index (χ4n) is 3.37. The van der Waals surface area contributed by atoms with E-state index < -0.39 is 4.92 Å². The Morgan fingerprint density at radius 1 is 1.09 bits per heavy atom. The second-order valence-electron chi connectivity index (χ2n) is 7.15. The Morgan fingerprint density at radius 3 is 2.42 bits per heavy atom. The molecule has 0 spiro atoms. The third-order valence-electron chi connectivity index (χ3n) is 5.06. The van der Waals surface area contributed by atoms with E-state index in [4.69, 9.17) is 13.9 Å². The fraction of sp³-hybridized carbons (Fsp3) is 0.217. The topological polar surface area (TPSA) is 95.7 Å². The van der Waals surface area contributed by atoms with Crippen molar-refractivity contribution in [3.63, 3.8) is 0 Å². The van der Waals surface area contributed by atoms with Gasteiger partial charge in [-0.1, -0.05) is 0 Å². The van der Waals surface area contributed by atoms with Gasteiger partial charge >= 0.3 is 5.88 Å². The summed E-state index contributed by atoms with van der Waals surface area (Å²) in [5, 5.41) is 11.7. The Labute approximate surface area is 204 Å². The zero-order valence-electron chi connectivity index (χ0n) is 17.9. The molecule has 0 bridgehead atoms. The lowest BCUT2D eigenvalue weighted by Gasteiger charge is -2.06. The minimum Gasteiger partial charge on any atom is -1.00 e. The van der Waals surface area contributed by atoms with Crippen molar-refractivity contribution in [2.24, 2.45) is 0 Å². The minimum atomic E-state index is -0.558. The number of hydrogen-bond donors (Lipinski definition) is 0. The van der Waals surface area contributed by atoms with Crippen LogP contribution in [0.2, 0.25) is 0 Å². The van der Waals surface area contributed by atoms with E-state index in [-0.39, 0.29) is 28.6 Å². The Hall–Kier alpha value is -3.24. The largest absolute Gasteiger partial charge is 1.00 e. The van der Waals surface area contributed by atoms with Crippen molar-refractivity contribution >= 4 is 33.1 Å². The molecule has 0 radical (unpaired) electrons. The molecule has 0 aliphatic carbocycles. The van der Waals surface area contributed by atoms with Crippen LogP contribution in [-0.4, -0.2) is 24.9 Å². The molecule has 8 nitrogen and oxygen atoms in total. The number of fused-ring (bicyclic) bond motifs is 1. The molecule has 0 aliphatic heterocycles. The standard InChI is InChI=1S/C23H21N2O6S.BrH/c1-29-19-11-16-12-22(32-21(16)13-20(19)30-2)18(26)5-3-15-7-9-24(10-8-15)14-17-4-6-23(31-17)25(27)28;/h4,6-13H,3,5,14H2,1-2H3;1H/q+1;/p-1. The van der Waals surface area contributed by atoms with Crippen LogP contribution in [0.25, 0.3) is 10.1 Å². The minimum absolute atomic E-state index is 0. The molecular weight excluding hydrogens is 512 g/mol. The fourth-order valence-corrected chi connectivity index (χ4v) is 4.42. The Balaban J connectivity index is 0.00000306. The molecule has 0 amide bonds. The number of thiophene rings is 1. The lowest BCUT2D eigenvalue weighted by Crippen LogP contribution is -3.00. The number of hydrogen-bond acceptors (Lipinski definition) is 7. The van der Waals surface area contributed by atoms with Crippen molar-refractivity contribution in [3.8, 4) is 11.5 Å². The average Bonchev–Trinajstić information content (AvgIpc) is 3.44. The van der Waals surface area contributed by atoms with Crippen LogP contribution in [-0.2, 0) is 13.0 Å². The van der Waals surface area contributed by atoms with Crippen molar-refractivity contribution in [2.45, 2.75) is 19.4 Å². The normalized spacial score (nSPS) is 10.6. The highest BCUT2D eigenvalue weighted by Crippen LogP contribution is 2.36. The van der Waals surface area contributed by atoms with Crippen molar-refractivity contribution < 1.29 is 45.2 Å². The second-order valence-corrected chi connectivity index (χ2v) is 8.24. The Kier molecular flexibility index (Phi) is 7.83. The first kappa shape index (κ1) is 24.4. The molecule has 172 valence electrons. The highest BCUT2D eigenvalue weighted by molar-refractivity contribution is 7.20. The van der Waals surface area contributed by atoms with Gasteiger partial charge in [-0.05, 0) is 35.6 Å². The van der Waals surface area contributed by atoms with Crippen LogP contribution < -0.4 is 31.0 Å². The van der Waals surface area contributed by atoms with Crippen LogP contribution >= 0.6 is 11.3 Å². The molecule has 0 fully saturated rings. The van der Waals surface area contributed by atoms with Gasteiger partial charge in [0, 0.05) is 29.3 Å². The van der Waals surface area contributed by atoms with Crippen molar-refractivity contribution in [2.75, 3.05) is 14.2 Å². The molecule has 4 rings (SSSR count). The number of rotatable bonds is 9. The summed E-state index contributed by atoms with van der Waals surface area (Å²) in [6, 6.07) is 12.5. The van der Waals surface area contributed by atoms with E-state index in [0.29, 0.717) is 41.5 Å². The van der Waals surface area contributed by atoms with Gasteiger partial charge in [0.25, 0.3) is 0 Å². The number of Topliss-reactive ketones (excluding diaryl/α,β-unsaturated/α-hetero) is 1. The van der Waals surface area contributed by atoms with Crippen molar-refractivity contribution in [3.05, 3.63) is 81.2 Å². The summed E-state index contributed by atoms with van der Waals surface area (Å²) in [6.07, 6.45) is 4.75. The number of benzene rings is 1. The van der Waals surface area contributed by atoms with E-state index in [1.54, 1.807) is 20.3 Å². The predicted octanol–water partition coefficient (Wildman–Crippen LogP) is 1.58. The zero-order chi connectivity index (χ0) is 22.7. The number of carbonyl (C=O) groups is 1. The molecule has 0 N–H and O–H groups in total. The average molecular weight is 533 g/mol. The first-order chi connectivity index (χ1) is 15.5. The number of nitrogens with zero attached hydrogens (tertiary/aromatic N) is 2. The first-order valence-corrected chi connectivity index (χ1v) is 10.7. The van der Waals surface area contributed by atoms with E-state index >= 15 is 0 Å². The highest BCUT2D eigenvalue weighted by atomic mass is 79.9. The first-order valence-electron chi connectivity index (χ1n) is 9.86. The molecule has 0 aliphatic rings. The molecule has 4 aromatic rings. The number of aryl methyl sites for hydroxylation is 1. The number of methoxy groups -OCH3 is 2. The van der Waals surface area contributed by atoms with Crippen LogP contribution in [0.5, 0.6) is 11.5 Å². The summed E-state index contributed by atoms with van der Waals surface area (Å²) in [5.41, 5.74) is 1.03. The van der Waals surface area contributed by atoms with E-state index in [1.807, 2.05) is 47.3 Å². The summed E-state index contributed by atoms with van der Waals surface area (Å²) in [6.45, 7) is 0.391. The van der Waals surface area contributed by atoms with Gasteiger partial charge in [-0.2, -0.15) is 4.57 Å². The van der Waals surface area contributed by atoms with Crippen LogP contribution in [0.3, 0.4) is 0 Å². The monoisotopic (exact) mass is 532 g/mol. The molecule has 33 heavy (non-hydrogen) atoms. The molecule has 10 heteroatoms. The molecule has 3 heterocycles. The molecular formula is C23H21BrN2O6S. The van der Waals surface area contributed by atoms with E-state index in [2.05, 4.69) is 0 Å². The Bertz CT molecular complexity index is 1240. The van der Waals surface area contributed by atoms with Gasteiger partial charge in [-0.15, -0.1) is 11.3 Å². The summed E-state index contributed by atoms with van der Waals surface area (Å²) < 4.78 is 18.7. The predicted molar refractivity (Wildman–Crippen MR) is 119 cm³/mol. The summed E-state index contributed by atoms with van der Waals surface area (Å²) in [4.78, 5) is 23.6. The lowest BCUT2D eigenvalue weighted by atomic mass is 10.1. The van der Waals surface area contributed by atoms with Gasteiger partial charge < -0.3 is 30.9 Å². The van der Waals surface area contributed by atoms with Gasteiger partial charge in [-0.3, -0.25) is 14.9 Å². The van der Waals surface area contributed by atoms with Gasteiger partial charge in [0.1, 0.15) is 4.92 Å². The van der Waals surface area contributed by atoms with Crippen LogP contribution in [0.15, 0.2) is 59.3 Å². The van der Waals surface area contributed by atoms with E-state index in [9.17, 15) is 14.9 Å². The van der Waals surface area contributed by atoms with Crippen LogP contribution in [0.4, 0.5) is 5.88 Å². The number of halogens is 1. The maximum absolute atomic E-state index is 12.7. The van der Waals surface area contributed by atoms with Crippen molar-refractivity contribution in [1.82, 2.24) is 0 Å². The molecule has 0 saturated carbocycles. The van der Waals surface area contributed by atoms with Gasteiger partial charge in [-0.25, -0.2) is 0 Å².